The molecule has 0 aliphatic heterocycles. The summed E-state index contributed by atoms with van der Waals surface area (Å²) in [6.07, 6.45) is 0. The third-order valence-corrected chi connectivity index (χ3v) is 6.25. The predicted molar refractivity (Wildman–Crippen MR) is 132 cm³/mol. The Morgan fingerprint density at radius 2 is 1.62 bits per heavy atom. The van der Waals surface area contributed by atoms with Gasteiger partial charge in [-0.15, -0.1) is 10.2 Å². The SMILES string of the molecule is Cc1ccc(-n2c(SCC(=O)Nc3cc(Cl)ccc3C)nnc2-c2ccc(Cl)cc2)cc1. The number of benzene rings is 3. The second-order valence-corrected chi connectivity index (χ2v) is 9.10. The highest BCUT2D eigenvalue weighted by atomic mass is 35.5. The van der Waals surface area contributed by atoms with Crippen molar-refractivity contribution in [3.05, 3.63) is 87.9 Å². The zero-order chi connectivity index (χ0) is 22.7. The van der Waals surface area contributed by atoms with Crippen LogP contribution in [0.2, 0.25) is 10.0 Å². The Bertz CT molecular complexity index is 1250. The molecule has 0 unspecified atom stereocenters. The Hall–Kier alpha value is -2.80. The quantitative estimate of drug-likeness (QED) is 0.315. The van der Waals surface area contributed by atoms with Crippen LogP contribution in [-0.4, -0.2) is 26.4 Å². The van der Waals surface area contributed by atoms with Crippen LogP contribution in [0.5, 0.6) is 0 Å². The van der Waals surface area contributed by atoms with E-state index in [9.17, 15) is 4.79 Å². The smallest absolute Gasteiger partial charge is 0.234 e. The fraction of sp³-hybridized carbons (Fsp3) is 0.125. The highest BCUT2D eigenvalue weighted by Gasteiger charge is 2.17. The molecule has 1 heterocycles. The minimum atomic E-state index is -0.146. The molecule has 0 fully saturated rings. The van der Waals surface area contributed by atoms with E-state index in [1.54, 1.807) is 12.1 Å². The molecule has 3 aromatic carbocycles. The van der Waals surface area contributed by atoms with Crippen LogP contribution in [0.3, 0.4) is 0 Å². The van der Waals surface area contributed by atoms with Crippen molar-refractivity contribution < 1.29 is 4.79 Å². The molecule has 0 saturated heterocycles. The van der Waals surface area contributed by atoms with Gasteiger partial charge in [0.25, 0.3) is 0 Å². The number of rotatable bonds is 6. The molecule has 0 saturated carbocycles. The first-order chi connectivity index (χ1) is 15.4. The van der Waals surface area contributed by atoms with Gasteiger partial charge in [0, 0.05) is 27.0 Å². The first-order valence-corrected chi connectivity index (χ1v) is 11.6. The van der Waals surface area contributed by atoms with Crippen LogP contribution in [0.1, 0.15) is 11.1 Å². The van der Waals surface area contributed by atoms with E-state index >= 15 is 0 Å². The fourth-order valence-electron chi connectivity index (χ4n) is 3.12. The average molecular weight is 483 g/mol. The van der Waals surface area contributed by atoms with Crippen molar-refractivity contribution in [2.45, 2.75) is 19.0 Å². The maximum atomic E-state index is 12.6. The molecule has 8 heteroatoms. The molecule has 0 aliphatic carbocycles. The highest BCUT2D eigenvalue weighted by Crippen LogP contribution is 2.29. The zero-order valence-corrected chi connectivity index (χ0v) is 19.8. The number of nitrogens with one attached hydrogen (secondary N) is 1. The average Bonchev–Trinajstić information content (AvgIpc) is 3.20. The standard InChI is InChI=1S/C24H20Cl2N4OS/c1-15-3-11-20(12-4-15)30-23(17-6-9-18(25)10-7-17)28-29-24(30)32-14-22(31)27-21-13-19(26)8-5-16(21)2/h3-13H,14H2,1-2H3,(H,27,31). The van der Waals surface area contributed by atoms with E-state index in [0.29, 0.717) is 26.7 Å². The molecule has 1 amide bonds. The normalized spacial score (nSPS) is 10.9. The molecule has 32 heavy (non-hydrogen) atoms. The van der Waals surface area contributed by atoms with Crippen LogP contribution < -0.4 is 5.32 Å². The van der Waals surface area contributed by atoms with Crippen LogP contribution >= 0.6 is 35.0 Å². The maximum absolute atomic E-state index is 12.6. The summed E-state index contributed by atoms with van der Waals surface area (Å²) in [5.74, 6) is 0.710. The van der Waals surface area contributed by atoms with Gasteiger partial charge in [0.1, 0.15) is 0 Å². The van der Waals surface area contributed by atoms with Crippen molar-refractivity contribution >= 4 is 46.6 Å². The number of anilines is 1. The maximum Gasteiger partial charge on any atom is 0.234 e. The van der Waals surface area contributed by atoms with Gasteiger partial charge in [-0.3, -0.25) is 9.36 Å². The van der Waals surface area contributed by atoms with Crippen molar-refractivity contribution in [1.82, 2.24) is 14.8 Å². The van der Waals surface area contributed by atoms with E-state index in [0.717, 1.165) is 22.4 Å². The van der Waals surface area contributed by atoms with Gasteiger partial charge in [0.15, 0.2) is 11.0 Å². The Balaban J connectivity index is 1.60. The number of hydrogen-bond acceptors (Lipinski definition) is 4. The summed E-state index contributed by atoms with van der Waals surface area (Å²) in [7, 11) is 0. The lowest BCUT2D eigenvalue weighted by atomic mass is 10.2. The fourth-order valence-corrected chi connectivity index (χ4v) is 4.17. The van der Waals surface area contributed by atoms with E-state index in [1.165, 1.54) is 11.8 Å². The molecule has 162 valence electrons. The third-order valence-electron chi connectivity index (χ3n) is 4.83. The summed E-state index contributed by atoms with van der Waals surface area (Å²) in [5, 5.41) is 13.5. The summed E-state index contributed by atoms with van der Waals surface area (Å²) in [6, 6.07) is 20.9. The van der Waals surface area contributed by atoms with E-state index in [2.05, 4.69) is 15.5 Å². The number of aryl methyl sites for hydroxylation is 2. The lowest BCUT2D eigenvalue weighted by Crippen LogP contribution is -2.15. The lowest BCUT2D eigenvalue weighted by Gasteiger charge is -2.11. The van der Waals surface area contributed by atoms with Crippen LogP contribution in [0.4, 0.5) is 5.69 Å². The van der Waals surface area contributed by atoms with Crippen LogP contribution in [0.15, 0.2) is 71.9 Å². The van der Waals surface area contributed by atoms with Gasteiger partial charge in [-0.1, -0.05) is 58.7 Å². The van der Waals surface area contributed by atoms with Gasteiger partial charge in [-0.25, -0.2) is 0 Å². The van der Waals surface area contributed by atoms with Gasteiger partial charge in [-0.05, 0) is 67.9 Å². The van der Waals surface area contributed by atoms with Gasteiger partial charge in [0.2, 0.25) is 5.91 Å². The molecular formula is C24H20Cl2N4OS. The topological polar surface area (TPSA) is 59.8 Å². The van der Waals surface area contributed by atoms with E-state index < -0.39 is 0 Å². The van der Waals surface area contributed by atoms with Crippen molar-refractivity contribution in [1.29, 1.82) is 0 Å². The molecule has 1 aromatic heterocycles. The van der Waals surface area contributed by atoms with E-state index in [-0.39, 0.29) is 11.7 Å². The Morgan fingerprint density at radius 1 is 0.938 bits per heavy atom. The number of halogens is 2. The van der Waals surface area contributed by atoms with Gasteiger partial charge in [-0.2, -0.15) is 0 Å². The third kappa shape index (κ3) is 5.15. The molecule has 4 rings (SSSR count). The number of carbonyl (C=O) groups is 1. The summed E-state index contributed by atoms with van der Waals surface area (Å²) >= 11 is 13.4. The molecule has 0 aliphatic rings. The second kappa shape index (κ2) is 9.77. The summed E-state index contributed by atoms with van der Waals surface area (Å²) < 4.78 is 1.95. The van der Waals surface area contributed by atoms with Gasteiger partial charge in [0.05, 0.1) is 5.75 Å². The van der Waals surface area contributed by atoms with Gasteiger partial charge >= 0.3 is 0 Å². The Kier molecular flexibility index (Phi) is 6.84. The van der Waals surface area contributed by atoms with Crippen LogP contribution in [0.25, 0.3) is 17.1 Å². The number of carbonyl (C=O) groups excluding carboxylic acids is 1. The predicted octanol–water partition coefficient (Wildman–Crippen LogP) is 6.59. The minimum Gasteiger partial charge on any atom is -0.325 e. The van der Waals surface area contributed by atoms with Crippen molar-refractivity contribution in [2.24, 2.45) is 0 Å². The molecule has 1 N–H and O–H groups in total. The number of thioether (sulfide) groups is 1. The van der Waals surface area contributed by atoms with Crippen molar-refractivity contribution in [3.8, 4) is 17.1 Å². The minimum absolute atomic E-state index is 0.146. The van der Waals surface area contributed by atoms with Crippen molar-refractivity contribution in [3.63, 3.8) is 0 Å². The number of hydrogen-bond donors (Lipinski definition) is 1. The first-order valence-electron chi connectivity index (χ1n) is 9.88. The Labute approximate surface area is 200 Å². The molecule has 5 nitrogen and oxygen atoms in total. The zero-order valence-electron chi connectivity index (χ0n) is 17.5. The Morgan fingerprint density at radius 3 is 2.34 bits per heavy atom. The highest BCUT2D eigenvalue weighted by molar-refractivity contribution is 7.99. The van der Waals surface area contributed by atoms with Crippen molar-refractivity contribution in [2.75, 3.05) is 11.1 Å². The molecule has 4 aromatic rings. The molecule has 0 radical (unpaired) electrons. The van der Waals surface area contributed by atoms with E-state index in [1.807, 2.05) is 73.0 Å². The number of nitrogens with zero attached hydrogens (tertiary/aromatic N) is 3. The largest absolute Gasteiger partial charge is 0.325 e. The monoisotopic (exact) mass is 482 g/mol. The molecular weight excluding hydrogens is 463 g/mol. The van der Waals surface area contributed by atoms with Crippen LogP contribution in [-0.2, 0) is 4.79 Å². The molecule has 0 atom stereocenters. The van der Waals surface area contributed by atoms with E-state index in [4.69, 9.17) is 23.2 Å². The summed E-state index contributed by atoms with van der Waals surface area (Å²) in [6.45, 7) is 3.96. The van der Waals surface area contributed by atoms with Gasteiger partial charge < -0.3 is 5.32 Å². The number of amides is 1. The summed E-state index contributed by atoms with van der Waals surface area (Å²) in [5.41, 5.74) is 4.60. The second-order valence-electron chi connectivity index (χ2n) is 7.28. The molecule has 0 spiro atoms. The summed E-state index contributed by atoms with van der Waals surface area (Å²) in [4.78, 5) is 12.6. The number of aromatic nitrogens is 3. The lowest BCUT2D eigenvalue weighted by molar-refractivity contribution is -0.113. The van der Waals surface area contributed by atoms with Crippen LogP contribution in [0, 0.1) is 13.8 Å². The first kappa shape index (κ1) is 22.4. The molecule has 0 bridgehead atoms.